The highest BCUT2D eigenvalue weighted by Crippen LogP contribution is 2.47. The summed E-state index contributed by atoms with van der Waals surface area (Å²) in [5.41, 5.74) is -2.10. The van der Waals surface area contributed by atoms with E-state index in [0.29, 0.717) is 12.8 Å². The number of carbonyl (C=O) groups excluding carboxylic acids is 3. The maximum Gasteiger partial charge on any atom is 0.350 e. The molecule has 0 amide bonds. The van der Waals surface area contributed by atoms with Gasteiger partial charge in [-0.15, -0.1) is 0 Å². The molecule has 2 bridgehead atoms. The van der Waals surface area contributed by atoms with Crippen LogP contribution in [0, 0.1) is 11.3 Å². The van der Waals surface area contributed by atoms with E-state index in [2.05, 4.69) is 0 Å². The Hall–Kier alpha value is -1.63. The first kappa shape index (κ1) is 17.2. The number of fused-ring (bicyclic) bond motifs is 1. The molecule has 134 valence electrons. The van der Waals surface area contributed by atoms with Crippen LogP contribution in [0.15, 0.2) is 0 Å². The Morgan fingerprint density at radius 1 is 1.17 bits per heavy atom. The fourth-order valence-electron chi connectivity index (χ4n) is 3.20. The number of ether oxygens (including phenoxy) is 4. The molecule has 7 heteroatoms. The number of hydrogen-bond acceptors (Lipinski definition) is 7. The molecule has 0 N–H and O–H groups in total. The van der Waals surface area contributed by atoms with E-state index in [1.807, 2.05) is 6.92 Å². The molecule has 0 aliphatic carbocycles. The van der Waals surface area contributed by atoms with E-state index < -0.39 is 35.2 Å². The smallest absolute Gasteiger partial charge is 0.350 e. The summed E-state index contributed by atoms with van der Waals surface area (Å²) < 4.78 is 21.8. The molecule has 3 fully saturated rings. The Morgan fingerprint density at radius 3 is 2.46 bits per heavy atom. The highest BCUT2D eigenvalue weighted by Gasteiger charge is 2.65. The van der Waals surface area contributed by atoms with E-state index in [1.165, 1.54) is 13.8 Å². The van der Waals surface area contributed by atoms with Gasteiger partial charge in [0.2, 0.25) is 5.60 Å². The fourth-order valence-corrected chi connectivity index (χ4v) is 3.20. The third kappa shape index (κ3) is 2.59. The summed E-state index contributed by atoms with van der Waals surface area (Å²) >= 11 is 0. The largest absolute Gasteiger partial charge is 0.455 e. The van der Waals surface area contributed by atoms with Gasteiger partial charge >= 0.3 is 17.9 Å². The van der Waals surface area contributed by atoms with Crippen LogP contribution in [-0.2, 0) is 33.3 Å². The first-order valence-corrected chi connectivity index (χ1v) is 8.37. The molecule has 3 rings (SSSR count). The molecule has 5 atom stereocenters. The highest BCUT2D eigenvalue weighted by atomic mass is 16.7. The fraction of sp³-hybridized carbons (Fsp3) is 0.824. The second kappa shape index (κ2) is 5.44. The second-order valence-corrected chi connectivity index (χ2v) is 7.89. The van der Waals surface area contributed by atoms with Crippen LogP contribution in [0.2, 0.25) is 0 Å². The van der Waals surface area contributed by atoms with Crippen LogP contribution in [0.5, 0.6) is 0 Å². The van der Waals surface area contributed by atoms with Crippen LogP contribution < -0.4 is 0 Å². The SMILES string of the molecule is CCC(C)(C)C(=O)OC(C)(C)C(=O)OC1C2CC3C(=O)OC1C3O2. The summed E-state index contributed by atoms with van der Waals surface area (Å²) in [6.07, 6.45) is -0.757. The summed E-state index contributed by atoms with van der Waals surface area (Å²) in [4.78, 5) is 36.4. The topological polar surface area (TPSA) is 88.1 Å². The average molecular weight is 340 g/mol. The van der Waals surface area contributed by atoms with Crippen molar-refractivity contribution in [2.75, 3.05) is 0 Å². The first-order chi connectivity index (χ1) is 11.1. The molecule has 0 aromatic rings. The number of rotatable bonds is 5. The van der Waals surface area contributed by atoms with Gasteiger partial charge in [0, 0.05) is 0 Å². The average Bonchev–Trinajstić information content (AvgIpc) is 3.11. The Kier molecular flexibility index (Phi) is 3.90. The molecular formula is C17H24O7. The minimum Gasteiger partial charge on any atom is -0.455 e. The monoisotopic (exact) mass is 340 g/mol. The maximum absolute atomic E-state index is 12.5. The van der Waals surface area contributed by atoms with Crippen LogP contribution in [0.25, 0.3) is 0 Å². The van der Waals surface area contributed by atoms with Crippen LogP contribution in [0.3, 0.4) is 0 Å². The summed E-state index contributed by atoms with van der Waals surface area (Å²) in [5.74, 6) is -1.65. The van der Waals surface area contributed by atoms with E-state index in [4.69, 9.17) is 18.9 Å². The standard InChI is InChI=1S/C17H24O7/c1-6-16(2,3)14(19)24-17(4,5)15(20)23-11-9-7-8-10(21-9)12(11)22-13(8)18/h8-12H,6-7H2,1-5H3. The Labute approximate surface area is 140 Å². The van der Waals surface area contributed by atoms with E-state index in [9.17, 15) is 14.4 Å². The summed E-state index contributed by atoms with van der Waals surface area (Å²) in [6, 6.07) is 0. The zero-order valence-corrected chi connectivity index (χ0v) is 14.7. The molecule has 24 heavy (non-hydrogen) atoms. The molecule has 0 radical (unpaired) electrons. The van der Waals surface area contributed by atoms with Crippen LogP contribution in [0.4, 0.5) is 0 Å². The molecule has 3 aliphatic rings. The van der Waals surface area contributed by atoms with E-state index in [0.717, 1.165) is 0 Å². The Morgan fingerprint density at radius 2 is 1.83 bits per heavy atom. The van der Waals surface area contributed by atoms with Gasteiger partial charge in [-0.05, 0) is 40.5 Å². The summed E-state index contributed by atoms with van der Waals surface area (Å²) in [5, 5.41) is 0. The van der Waals surface area contributed by atoms with Crippen LogP contribution in [0.1, 0.15) is 47.5 Å². The van der Waals surface area contributed by atoms with Crippen molar-refractivity contribution in [1.29, 1.82) is 0 Å². The van der Waals surface area contributed by atoms with Crippen molar-refractivity contribution in [2.24, 2.45) is 11.3 Å². The molecule has 3 heterocycles. The molecule has 5 unspecified atom stereocenters. The van der Waals surface area contributed by atoms with Gasteiger partial charge in [-0.1, -0.05) is 6.92 Å². The lowest BCUT2D eigenvalue weighted by molar-refractivity contribution is -0.191. The lowest BCUT2D eigenvalue weighted by atomic mass is 9.88. The Balaban J connectivity index is 1.65. The lowest BCUT2D eigenvalue weighted by Crippen LogP contribution is -2.47. The van der Waals surface area contributed by atoms with Crippen molar-refractivity contribution in [1.82, 2.24) is 0 Å². The minimum absolute atomic E-state index is 0.244. The minimum atomic E-state index is -1.42. The molecule has 3 aliphatic heterocycles. The predicted octanol–water partition coefficient (Wildman–Crippen LogP) is 1.37. The third-order valence-electron chi connectivity index (χ3n) is 5.30. The van der Waals surface area contributed by atoms with Gasteiger partial charge in [0.15, 0.2) is 12.2 Å². The van der Waals surface area contributed by atoms with Gasteiger partial charge in [-0.3, -0.25) is 9.59 Å². The Bertz CT molecular complexity index is 579. The van der Waals surface area contributed by atoms with Crippen molar-refractivity contribution in [3.63, 3.8) is 0 Å². The lowest BCUT2D eigenvalue weighted by Gasteiger charge is -2.31. The predicted molar refractivity (Wildman–Crippen MR) is 80.8 cm³/mol. The molecule has 0 aromatic heterocycles. The molecule has 7 nitrogen and oxygen atoms in total. The van der Waals surface area contributed by atoms with Crippen molar-refractivity contribution >= 4 is 17.9 Å². The summed E-state index contributed by atoms with van der Waals surface area (Å²) in [6.45, 7) is 8.40. The van der Waals surface area contributed by atoms with Gasteiger partial charge in [0.05, 0.1) is 17.4 Å². The molecule has 0 spiro atoms. The van der Waals surface area contributed by atoms with Crippen LogP contribution in [-0.4, -0.2) is 47.9 Å². The van der Waals surface area contributed by atoms with Crippen LogP contribution >= 0.6 is 0 Å². The quantitative estimate of drug-likeness (QED) is 0.551. The molecular weight excluding hydrogens is 316 g/mol. The summed E-state index contributed by atoms with van der Waals surface area (Å²) in [7, 11) is 0. The van der Waals surface area contributed by atoms with E-state index >= 15 is 0 Å². The zero-order chi connectivity index (χ0) is 17.9. The zero-order valence-electron chi connectivity index (χ0n) is 14.7. The maximum atomic E-state index is 12.5. The van der Waals surface area contributed by atoms with Gasteiger partial charge in [0.1, 0.15) is 6.10 Å². The molecule has 0 aromatic carbocycles. The third-order valence-corrected chi connectivity index (χ3v) is 5.30. The first-order valence-electron chi connectivity index (χ1n) is 8.37. The normalized spacial score (nSPS) is 34.2. The van der Waals surface area contributed by atoms with Crippen molar-refractivity contribution in [2.45, 2.75) is 77.5 Å². The van der Waals surface area contributed by atoms with E-state index in [-0.39, 0.29) is 24.1 Å². The molecule has 3 saturated heterocycles. The number of hydrogen-bond donors (Lipinski definition) is 0. The number of carbonyl (C=O) groups is 3. The number of esters is 3. The van der Waals surface area contributed by atoms with Gasteiger partial charge in [-0.2, -0.15) is 0 Å². The van der Waals surface area contributed by atoms with Crippen molar-refractivity contribution in [3.8, 4) is 0 Å². The van der Waals surface area contributed by atoms with Gasteiger partial charge < -0.3 is 18.9 Å². The van der Waals surface area contributed by atoms with Crippen molar-refractivity contribution < 1.29 is 33.3 Å². The highest BCUT2D eigenvalue weighted by molar-refractivity contribution is 5.85. The van der Waals surface area contributed by atoms with Gasteiger partial charge in [0.25, 0.3) is 0 Å². The van der Waals surface area contributed by atoms with E-state index in [1.54, 1.807) is 13.8 Å². The second-order valence-electron chi connectivity index (χ2n) is 7.89. The van der Waals surface area contributed by atoms with Gasteiger partial charge in [-0.25, -0.2) is 4.79 Å². The van der Waals surface area contributed by atoms with Crippen molar-refractivity contribution in [3.05, 3.63) is 0 Å². The molecule has 0 saturated carbocycles.